The molecule has 3 rings (SSSR count). The van der Waals surface area contributed by atoms with Gasteiger partial charge in [0.2, 0.25) is 5.91 Å². The zero-order valence-electron chi connectivity index (χ0n) is 13.7. The highest BCUT2D eigenvalue weighted by Gasteiger charge is 2.22. The number of aryl methyl sites for hydroxylation is 2. The highest BCUT2D eigenvalue weighted by molar-refractivity contribution is 5.94. The third kappa shape index (κ3) is 2.86. The van der Waals surface area contributed by atoms with Gasteiger partial charge in [0.25, 0.3) is 5.56 Å². The highest BCUT2D eigenvalue weighted by atomic mass is 16.2. The highest BCUT2D eigenvalue weighted by Crippen LogP contribution is 2.32. The minimum absolute atomic E-state index is 0.0349. The van der Waals surface area contributed by atoms with Crippen molar-refractivity contribution >= 4 is 23.0 Å². The molecule has 1 aromatic heterocycles. The van der Waals surface area contributed by atoms with Crippen LogP contribution in [0.2, 0.25) is 0 Å². The molecule has 120 valence electrons. The first-order valence-electron chi connectivity index (χ1n) is 7.90. The van der Waals surface area contributed by atoms with Gasteiger partial charge in [0.15, 0.2) is 0 Å². The van der Waals surface area contributed by atoms with Crippen LogP contribution in [0.1, 0.15) is 30.7 Å². The second-order valence-corrected chi connectivity index (χ2v) is 5.91. The number of aromatic amines is 1. The van der Waals surface area contributed by atoms with Crippen LogP contribution in [0.5, 0.6) is 0 Å². The van der Waals surface area contributed by atoms with Crippen molar-refractivity contribution in [2.75, 3.05) is 16.8 Å². The summed E-state index contributed by atoms with van der Waals surface area (Å²) in [5.74, 6) is 0.0643. The van der Waals surface area contributed by atoms with E-state index >= 15 is 0 Å². The second-order valence-electron chi connectivity index (χ2n) is 5.91. The van der Waals surface area contributed by atoms with Crippen LogP contribution in [0.4, 0.5) is 17.1 Å². The van der Waals surface area contributed by atoms with E-state index in [1.807, 2.05) is 32.0 Å². The van der Waals surface area contributed by atoms with E-state index in [1.165, 1.54) is 5.56 Å². The predicted octanol–water partition coefficient (Wildman–Crippen LogP) is 2.90. The van der Waals surface area contributed by atoms with E-state index in [9.17, 15) is 9.59 Å². The van der Waals surface area contributed by atoms with Crippen LogP contribution in [0.3, 0.4) is 0 Å². The number of aromatic nitrogens is 1. The summed E-state index contributed by atoms with van der Waals surface area (Å²) in [5, 5.41) is 3.36. The van der Waals surface area contributed by atoms with Gasteiger partial charge in [-0.1, -0.05) is 13.0 Å². The van der Waals surface area contributed by atoms with Crippen molar-refractivity contribution in [3.8, 4) is 0 Å². The first-order chi connectivity index (χ1) is 11.0. The lowest BCUT2D eigenvalue weighted by molar-refractivity contribution is -0.116. The summed E-state index contributed by atoms with van der Waals surface area (Å²) in [6, 6.07) is 7.96. The largest absolute Gasteiger partial charge is 0.354 e. The Morgan fingerprint density at radius 1 is 1.35 bits per heavy atom. The molecule has 0 unspecified atom stereocenters. The van der Waals surface area contributed by atoms with E-state index in [4.69, 9.17) is 0 Å². The number of hydrogen-bond acceptors (Lipinski definition) is 3. The molecule has 2 heterocycles. The lowest BCUT2D eigenvalue weighted by atomic mass is 10.1. The monoisotopic (exact) mass is 311 g/mol. The standard InChI is InChI=1S/C18H21N3O2/c1-4-13-9-16(11(2)19-18(13)23)20-15-6-5-14-7-8-21(12(3)22)17(14)10-15/h5-6,9-10,20H,4,7-8H2,1-3H3,(H,19,23). The van der Waals surface area contributed by atoms with Gasteiger partial charge in [-0.05, 0) is 43.5 Å². The number of H-pyrrole nitrogens is 1. The molecule has 23 heavy (non-hydrogen) atoms. The Morgan fingerprint density at radius 2 is 2.13 bits per heavy atom. The Hall–Kier alpha value is -2.56. The van der Waals surface area contributed by atoms with Gasteiger partial charge in [0, 0.05) is 36.1 Å². The maximum absolute atomic E-state index is 11.8. The summed E-state index contributed by atoms with van der Waals surface area (Å²) in [7, 11) is 0. The molecule has 5 heteroatoms. The molecule has 2 N–H and O–H groups in total. The van der Waals surface area contributed by atoms with Gasteiger partial charge in [-0.25, -0.2) is 0 Å². The van der Waals surface area contributed by atoms with Crippen molar-refractivity contribution in [2.45, 2.75) is 33.6 Å². The zero-order valence-corrected chi connectivity index (χ0v) is 13.7. The number of benzene rings is 1. The molecule has 0 radical (unpaired) electrons. The maximum atomic E-state index is 11.8. The third-order valence-corrected chi connectivity index (χ3v) is 4.34. The van der Waals surface area contributed by atoms with Crippen LogP contribution in [0.25, 0.3) is 0 Å². The Bertz CT molecular complexity index is 824. The van der Waals surface area contributed by atoms with Gasteiger partial charge in [0.1, 0.15) is 0 Å². The van der Waals surface area contributed by atoms with Gasteiger partial charge in [-0.2, -0.15) is 0 Å². The Morgan fingerprint density at radius 3 is 2.83 bits per heavy atom. The topological polar surface area (TPSA) is 65.2 Å². The summed E-state index contributed by atoms with van der Waals surface area (Å²) in [5.41, 5.74) is 5.48. The van der Waals surface area contributed by atoms with Crippen LogP contribution in [-0.4, -0.2) is 17.4 Å². The van der Waals surface area contributed by atoms with Gasteiger partial charge < -0.3 is 15.2 Å². The van der Waals surface area contributed by atoms with Crippen LogP contribution < -0.4 is 15.8 Å². The van der Waals surface area contributed by atoms with Gasteiger partial charge in [-0.3, -0.25) is 9.59 Å². The Kier molecular flexibility index (Phi) is 3.94. The molecular formula is C18H21N3O2. The lowest BCUT2D eigenvalue weighted by Gasteiger charge is -2.17. The number of rotatable bonds is 3. The molecule has 5 nitrogen and oxygen atoms in total. The SMILES string of the molecule is CCc1cc(Nc2ccc3c(c2)N(C(C)=O)CC3)c(C)[nH]c1=O. The molecular weight excluding hydrogens is 290 g/mol. The fourth-order valence-electron chi connectivity index (χ4n) is 3.00. The zero-order chi connectivity index (χ0) is 16.6. The smallest absolute Gasteiger partial charge is 0.251 e. The van der Waals surface area contributed by atoms with Crippen molar-refractivity contribution in [1.29, 1.82) is 0 Å². The van der Waals surface area contributed by atoms with E-state index in [1.54, 1.807) is 11.8 Å². The second kappa shape index (κ2) is 5.91. The number of hydrogen-bond donors (Lipinski definition) is 2. The summed E-state index contributed by atoms with van der Waals surface area (Å²) in [6.45, 7) is 6.17. The van der Waals surface area contributed by atoms with Crippen LogP contribution in [0.15, 0.2) is 29.1 Å². The van der Waals surface area contributed by atoms with Crippen molar-refractivity contribution in [3.05, 3.63) is 51.4 Å². The normalized spacial score (nSPS) is 13.1. The summed E-state index contributed by atoms with van der Waals surface area (Å²) in [4.78, 5) is 28.2. The number of fused-ring (bicyclic) bond motifs is 1. The number of amides is 1. The molecule has 0 saturated heterocycles. The fraction of sp³-hybridized carbons (Fsp3) is 0.333. The van der Waals surface area contributed by atoms with E-state index < -0.39 is 0 Å². The Balaban J connectivity index is 1.94. The number of pyridine rings is 1. The van der Waals surface area contributed by atoms with Crippen molar-refractivity contribution < 1.29 is 4.79 Å². The van der Waals surface area contributed by atoms with Gasteiger partial charge in [0.05, 0.1) is 5.69 Å². The van der Waals surface area contributed by atoms with E-state index in [-0.39, 0.29) is 11.5 Å². The fourth-order valence-corrected chi connectivity index (χ4v) is 3.00. The number of carbonyl (C=O) groups excluding carboxylic acids is 1. The van der Waals surface area contributed by atoms with Crippen molar-refractivity contribution in [2.24, 2.45) is 0 Å². The molecule has 0 spiro atoms. The molecule has 0 fully saturated rings. The molecule has 1 aliphatic rings. The molecule has 2 aromatic rings. The van der Waals surface area contributed by atoms with Crippen molar-refractivity contribution in [3.63, 3.8) is 0 Å². The number of nitrogens with one attached hydrogen (secondary N) is 2. The molecule has 1 aromatic carbocycles. The van der Waals surface area contributed by atoms with Gasteiger partial charge in [-0.15, -0.1) is 0 Å². The number of anilines is 3. The van der Waals surface area contributed by atoms with Crippen LogP contribution in [-0.2, 0) is 17.6 Å². The van der Waals surface area contributed by atoms with E-state index in [0.29, 0.717) is 6.42 Å². The van der Waals surface area contributed by atoms with E-state index in [2.05, 4.69) is 16.4 Å². The molecule has 1 amide bonds. The first-order valence-corrected chi connectivity index (χ1v) is 7.90. The molecule has 1 aliphatic heterocycles. The average molecular weight is 311 g/mol. The predicted molar refractivity (Wildman–Crippen MR) is 92.6 cm³/mol. The quantitative estimate of drug-likeness (QED) is 0.916. The van der Waals surface area contributed by atoms with Crippen LogP contribution in [0, 0.1) is 6.92 Å². The summed E-state index contributed by atoms with van der Waals surface area (Å²) >= 11 is 0. The van der Waals surface area contributed by atoms with Crippen LogP contribution >= 0.6 is 0 Å². The third-order valence-electron chi connectivity index (χ3n) is 4.34. The first kappa shape index (κ1) is 15.3. The van der Waals surface area contributed by atoms with E-state index in [0.717, 1.165) is 41.3 Å². The number of nitrogens with zero attached hydrogens (tertiary/aromatic N) is 1. The minimum Gasteiger partial charge on any atom is -0.354 e. The molecule has 0 bridgehead atoms. The summed E-state index contributed by atoms with van der Waals surface area (Å²) < 4.78 is 0. The molecule has 0 aliphatic carbocycles. The maximum Gasteiger partial charge on any atom is 0.251 e. The number of carbonyl (C=O) groups is 1. The summed E-state index contributed by atoms with van der Waals surface area (Å²) in [6.07, 6.45) is 1.58. The Labute approximate surface area is 135 Å². The van der Waals surface area contributed by atoms with Crippen molar-refractivity contribution in [1.82, 2.24) is 4.98 Å². The van der Waals surface area contributed by atoms with Gasteiger partial charge >= 0.3 is 0 Å². The average Bonchev–Trinajstić information content (AvgIpc) is 2.93. The lowest BCUT2D eigenvalue weighted by Crippen LogP contribution is -2.25. The molecule has 0 atom stereocenters. The molecule has 0 saturated carbocycles. The minimum atomic E-state index is -0.0349.